The lowest BCUT2D eigenvalue weighted by Crippen LogP contribution is -2.13. The molecular weight excluding hydrogens is 230 g/mol. The molecule has 3 aromatic rings. The van der Waals surface area contributed by atoms with Crippen LogP contribution in [0.5, 0.6) is 0 Å². The molecule has 0 spiro atoms. The van der Waals surface area contributed by atoms with E-state index in [9.17, 15) is 4.79 Å². The second kappa shape index (κ2) is 4.25. The first-order valence-electron chi connectivity index (χ1n) is 5.35. The molecule has 6 nitrogen and oxygen atoms in total. The van der Waals surface area contributed by atoms with Crippen LogP contribution in [0.15, 0.2) is 42.9 Å². The van der Waals surface area contributed by atoms with Gasteiger partial charge in [-0.15, -0.1) is 0 Å². The van der Waals surface area contributed by atoms with Crippen LogP contribution in [0.1, 0.15) is 10.5 Å². The van der Waals surface area contributed by atoms with E-state index >= 15 is 0 Å². The number of fused-ring (bicyclic) bond motifs is 1. The molecule has 0 atom stereocenters. The van der Waals surface area contributed by atoms with E-state index in [1.807, 2.05) is 0 Å². The minimum Gasteiger partial charge on any atom is -0.320 e. The van der Waals surface area contributed by atoms with Gasteiger partial charge in [-0.2, -0.15) is 5.10 Å². The molecule has 88 valence electrons. The molecule has 0 saturated carbocycles. The Balaban J connectivity index is 1.93. The minimum absolute atomic E-state index is 0.260. The zero-order valence-corrected chi connectivity index (χ0v) is 9.29. The lowest BCUT2D eigenvalue weighted by Gasteiger charge is -2.04. The van der Waals surface area contributed by atoms with Crippen LogP contribution in [0, 0.1) is 0 Å². The summed E-state index contributed by atoms with van der Waals surface area (Å²) in [4.78, 5) is 20.0. The summed E-state index contributed by atoms with van der Waals surface area (Å²) in [7, 11) is 0. The Bertz CT molecular complexity index is 692. The lowest BCUT2D eigenvalue weighted by molar-refractivity contribution is 0.102. The molecular formula is C12H9N5O. The van der Waals surface area contributed by atoms with E-state index in [0.717, 1.165) is 5.39 Å². The fourth-order valence-electron chi connectivity index (χ4n) is 1.64. The fourth-order valence-corrected chi connectivity index (χ4v) is 1.64. The number of hydrogen-bond donors (Lipinski definition) is 2. The Kier molecular flexibility index (Phi) is 2.45. The van der Waals surface area contributed by atoms with Crippen LogP contribution < -0.4 is 5.32 Å². The number of hydrogen-bond acceptors (Lipinski definition) is 4. The van der Waals surface area contributed by atoms with Gasteiger partial charge in [0.2, 0.25) is 0 Å². The first-order valence-corrected chi connectivity index (χ1v) is 5.35. The van der Waals surface area contributed by atoms with Crippen molar-refractivity contribution in [3.8, 4) is 0 Å². The maximum atomic E-state index is 12.0. The Morgan fingerprint density at radius 3 is 2.94 bits per heavy atom. The summed E-state index contributed by atoms with van der Waals surface area (Å²) in [6.45, 7) is 0. The minimum atomic E-state index is -0.260. The van der Waals surface area contributed by atoms with Gasteiger partial charge in [0.15, 0.2) is 5.65 Å². The quantitative estimate of drug-likeness (QED) is 0.711. The molecule has 3 heterocycles. The first-order chi connectivity index (χ1) is 8.84. The number of nitrogens with one attached hydrogen (secondary N) is 2. The number of aromatic amines is 1. The third kappa shape index (κ3) is 1.80. The van der Waals surface area contributed by atoms with E-state index in [-0.39, 0.29) is 5.91 Å². The van der Waals surface area contributed by atoms with Crippen molar-refractivity contribution in [3.05, 3.63) is 48.5 Å². The summed E-state index contributed by atoms with van der Waals surface area (Å²) in [5, 5.41) is 10.2. The van der Waals surface area contributed by atoms with Gasteiger partial charge in [-0.3, -0.25) is 14.9 Å². The van der Waals surface area contributed by atoms with Gasteiger partial charge in [-0.1, -0.05) is 6.07 Å². The van der Waals surface area contributed by atoms with Crippen molar-refractivity contribution in [1.82, 2.24) is 20.2 Å². The number of carbonyl (C=O) groups excluding carboxylic acids is 1. The number of pyridine rings is 2. The van der Waals surface area contributed by atoms with Gasteiger partial charge >= 0.3 is 0 Å². The van der Waals surface area contributed by atoms with E-state index in [1.165, 1.54) is 0 Å². The van der Waals surface area contributed by atoms with Crippen LogP contribution in [0.25, 0.3) is 11.0 Å². The normalized spacial score (nSPS) is 10.4. The number of amides is 1. The fraction of sp³-hybridized carbons (Fsp3) is 0. The Morgan fingerprint density at radius 1 is 1.17 bits per heavy atom. The van der Waals surface area contributed by atoms with Crippen LogP contribution in [-0.4, -0.2) is 26.1 Å². The number of carbonyl (C=O) groups is 1. The van der Waals surface area contributed by atoms with Gasteiger partial charge in [0.05, 0.1) is 17.3 Å². The van der Waals surface area contributed by atoms with Crippen LogP contribution in [0.4, 0.5) is 5.69 Å². The van der Waals surface area contributed by atoms with Crippen molar-refractivity contribution in [3.63, 3.8) is 0 Å². The molecule has 6 heteroatoms. The smallest absolute Gasteiger partial charge is 0.274 e. The topological polar surface area (TPSA) is 83.6 Å². The van der Waals surface area contributed by atoms with Crippen molar-refractivity contribution < 1.29 is 4.79 Å². The van der Waals surface area contributed by atoms with Crippen molar-refractivity contribution in [2.75, 3.05) is 5.32 Å². The number of H-pyrrole nitrogens is 1. The highest BCUT2D eigenvalue weighted by atomic mass is 16.1. The van der Waals surface area contributed by atoms with Crippen molar-refractivity contribution in [2.24, 2.45) is 0 Å². The number of anilines is 1. The van der Waals surface area contributed by atoms with E-state index in [2.05, 4.69) is 25.5 Å². The molecule has 2 N–H and O–H groups in total. The van der Waals surface area contributed by atoms with Gasteiger partial charge in [-0.05, 0) is 18.2 Å². The zero-order valence-electron chi connectivity index (χ0n) is 9.29. The average molecular weight is 239 g/mol. The molecule has 0 aliphatic carbocycles. The zero-order chi connectivity index (χ0) is 12.4. The van der Waals surface area contributed by atoms with Crippen LogP contribution in [-0.2, 0) is 0 Å². The molecule has 1 amide bonds. The Labute approximate surface area is 102 Å². The number of rotatable bonds is 2. The molecule has 0 radical (unpaired) electrons. The Morgan fingerprint density at radius 2 is 2.11 bits per heavy atom. The monoisotopic (exact) mass is 239 g/mol. The SMILES string of the molecule is O=C(Nc1ccnc2[nH]ncc12)c1ccccn1. The van der Waals surface area contributed by atoms with Gasteiger partial charge in [0.1, 0.15) is 5.69 Å². The van der Waals surface area contributed by atoms with E-state index in [4.69, 9.17) is 0 Å². The van der Waals surface area contributed by atoms with Crippen LogP contribution >= 0.6 is 0 Å². The van der Waals surface area contributed by atoms with Gasteiger partial charge < -0.3 is 5.32 Å². The highest BCUT2D eigenvalue weighted by Gasteiger charge is 2.09. The summed E-state index contributed by atoms with van der Waals surface area (Å²) in [6.07, 6.45) is 4.81. The van der Waals surface area contributed by atoms with Gasteiger partial charge in [0, 0.05) is 12.4 Å². The molecule has 0 aliphatic heterocycles. The molecule has 0 bridgehead atoms. The summed E-state index contributed by atoms with van der Waals surface area (Å²) in [5.41, 5.74) is 1.66. The van der Waals surface area contributed by atoms with E-state index < -0.39 is 0 Å². The third-order valence-electron chi connectivity index (χ3n) is 2.50. The molecule has 0 aromatic carbocycles. The first kappa shape index (κ1) is 10.4. The van der Waals surface area contributed by atoms with Crippen LogP contribution in [0.2, 0.25) is 0 Å². The van der Waals surface area contributed by atoms with Gasteiger partial charge in [0.25, 0.3) is 5.91 Å². The summed E-state index contributed by atoms with van der Waals surface area (Å²) < 4.78 is 0. The Hall–Kier alpha value is -2.76. The molecule has 0 unspecified atom stereocenters. The van der Waals surface area contributed by atoms with Crippen molar-refractivity contribution >= 4 is 22.6 Å². The lowest BCUT2D eigenvalue weighted by atomic mass is 10.2. The van der Waals surface area contributed by atoms with E-state index in [0.29, 0.717) is 17.0 Å². The molecule has 0 saturated heterocycles. The predicted molar refractivity (Wildman–Crippen MR) is 66.1 cm³/mol. The van der Waals surface area contributed by atoms with Crippen LogP contribution in [0.3, 0.4) is 0 Å². The van der Waals surface area contributed by atoms with E-state index in [1.54, 1.807) is 42.9 Å². The molecule has 0 aliphatic rings. The molecule has 3 aromatic heterocycles. The highest BCUT2D eigenvalue weighted by Crippen LogP contribution is 2.19. The largest absolute Gasteiger partial charge is 0.320 e. The maximum Gasteiger partial charge on any atom is 0.274 e. The molecule has 3 rings (SSSR count). The predicted octanol–water partition coefficient (Wildman–Crippen LogP) is 1.61. The van der Waals surface area contributed by atoms with Crippen molar-refractivity contribution in [1.29, 1.82) is 0 Å². The third-order valence-corrected chi connectivity index (χ3v) is 2.50. The number of aromatic nitrogens is 4. The van der Waals surface area contributed by atoms with Crippen molar-refractivity contribution in [2.45, 2.75) is 0 Å². The second-order valence-corrected chi connectivity index (χ2v) is 3.66. The van der Waals surface area contributed by atoms with Gasteiger partial charge in [-0.25, -0.2) is 4.98 Å². The molecule has 18 heavy (non-hydrogen) atoms. The average Bonchev–Trinajstić information content (AvgIpc) is 2.89. The summed E-state index contributed by atoms with van der Waals surface area (Å²) in [6, 6.07) is 6.90. The summed E-state index contributed by atoms with van der Waals surface area (Å²) in [5.74, 6) is -0.260. The molecule has 0 fully saturated rings. The number of nitrogens with zero attached hydrogens (tertiary/aromatic N) is 3. The maximum absolute atomic E-state index is 12.0. The highest BCUT2D eigenvalue weighted by molar-refractivity contribution is 6.07. The standard InChI is InChI=1S/C12H9N5O/c18-12(10-3-1-2-5-13-10)16-9-4-6-14-11-8(9)7-15-17-11/h1-7H,(H2,14,15,16,17,18). The second-order valence-electron chi connectivity index (χ2n) is 3.66. The summed E-state index contributed by atoms with van der Waals surface area (Å²) >= 11 is 0.